The lowest BCUT2D eigenvalue weighted by Crippen LogP contribution is -1.97. The monoisotopic (exact) mass is 646 g/mol. The minimum atomic E-state index is 0.682. The molecule has 0 N–H and O–H groups in total. The highest BCUT2D eigenvalue weighted by Gasteiger charge is 2.20. The normalized spacial score (nSPS) is 11.7. The van der Waals surface area contributed by atoms with E-state index in [1.807, 2.05) is 60.7 Å². The Morgan fingerprint density at radius 1 is 0.368 bits per heavy atom. The van der Waals surface area contributed by atoms with E-state index in [2.05, 4.69) is 0 Å². The van der Waals surface area contributed by atoms with E-state index in [1.165, 1.54) is 45.3 Å². The molecule has 0 amide bonds. The average molecular weight is 648 g/mol. The van der Waals surface area contributed by atoms with E-state index in [0.29, 0.717) is 39.4 Å². The third-order valence-electron chi connectivity index (χ3n) is 5.68. The molecule has 0 aliphatic rings. The third-order valence-corrected chi connectivity index (χ3v) is 10.6. The van der Waals surface area contributed by atoms with Gasteiger partial charge in [-0.15, -0.1) is 45.3 Å². The van der Waals surface area contributed by atoms with Crippen LogP contribution in [0.1, 0.15) is 0 Å². The fourth-order valence-corrected chi connectivity index (χ4v) is 8.19. The average Bonchev–Trinajstić information content (AvgIpc) is 3.70. The van der Waals surface area contributed by atoms with Crippen LogP contribution >= 0.6 is 91.8 Å². The van der Waals surface area contributed by atoms with Crippen molar-refractivity contribution in [3.05, 3.63) is 78.0 Å². The summed E-state index contributed by atoms with van der Waals surface area (Å²) in [6.45, 7) is 0. The van der Waals surface area contributed by atoms with Gasteiger partial charge < -0.3 is 0 Å². The van der Waals surface area contributed by atoms with E-state index >= 15 is 0 Å². The lowest BCUT2D eigenvalue weighted by atomic mass is 10.1. The Kier molecular flexibility index (Phi) is 6.41. The van der Waals surface area contributed by atoms with Gasteiger partial charge in [0.25, 0.3) is 0 Å². The number of hydrogen-bond acceptors (Lipinski definition) is 8. The van der Waals surface area contributed by atoms with E-state index in [1.54, 1.807) is 0 Å². The van der Waals surface area contributed by atoms with Crippen molar-refractivity contribution in [2.24, 2.45) is 0 Å². The van der Waals surface area contributed by atoms with Gasteiger partial charge >= 0.3 is 0 Å². The smallest absolute Gasteiger partial charge is 0.108 e. The summed E-state index contributed by atoms with van der Waals surface area (Å²) in [6, 6.07) is 19.1. The number of benzene rings is 1. The lowest BCUT2D eigenvalue weighted by molar-refractivity contribution is 1.29. The lowest BCUT2D eigenvalue weighted by Gasteiger charge is -2.10. The highest BCUT2D eigenvalue weighted by molar-refractivity contribution is 7.21. The molecule has 0 bridgehead atoms. The predicted molar refractivity (Wildman–Crippen MR) is 166 cm³/mol. The maximum Gasteiger partial charge on any atom is 0.108 e. The van der Waals surface area contributed by atoms with Gasteiger partial charge in [0, 0.05) is 0 Å². The molecule has 4 nitrogen and oxygen atoms in total. The molecular formula is C26H10Cl4N4S4. The van der Waals surface area contributed by atoms with Gasteiger partial charge in [-0.1, -0.05) is 46.4 Å². The van der Waals surface area contributed by atoms with Crippen LogP contribution in [0.25, 0.3) is 64.4 Å². The summed E-state index contributed by atoms with van der Waals surface area (Å²) in [5, 5.41) is 0. The second-order valence-corrected chi connectivity index (χ2v) is 14.9. The molecule has 6 heterocycles. The zero-order valence-electron chi connectivity index (χ0n) is 18.7. The SMILES string of the molecule is Clc1ccc(-c2nc3cc4nc(-c5ccc(Cl)s5)c(-c5ccc(Cl)s5)nc4cc3nc2-c2ccc(Cl)s2)s1. The highest BCUT2D eigenvalue weighted by Crippen LogP contribution is 2.42. The largest absolute Gasteiger partial charge is 0.243 e. The van der Waals surface area contributed by atoms with Crippen LogP contribution in [0.2, 0.25) is 17.3 Å². The summed E-state index contributed by atoms with van der Waals surface area (Å²) in [5.41, 5.74) is 5.82. The Hall–Kier alpha value is -2.14. The van der Waals surface area contributed by atoms with Crippen LogP contribution in [0.4, 0.5) is 0 Å². The number of aromatic nitrogens is 4. The summed E-state index contributed by atoms with van der Waals surface area (Å²) in [6.07, 6.45) is 0. The molecule has 38 heavy (non-hydrogen) atoms. The number of fused-ring (bicyclic) bond motifs is 2. The molecule has 0 unspecified atom stereocenters. The maximum atomic E-state index is 6.27. The van der Waals surface area contributed by atoms with Crippen molar-refractivity contribution in [1.29, 1.82) is 0 Å². The van der Waals surface area contributed by atoms with Crippen LogP contribution < -0.4 is 0 Å². The van der Waals surface area contributed by atoms with Gasteiger partial charge in [-0.05, 0) is 60.7 Å². The molecule has 0 saturated carbocycles. The fourth-order valence-electron chi connectivity index (χ4n) is 4.06. The standard InChI is InChI=1S/C26H10Cl4N4S4/c27-19-5-1-15(35-19)23-24(16-2-6-20(28)36-16)32-12-10-14-13(9-11(12)31-23)33-25(17-3-7-21(29)37-17)26(34-14)18-4-8-22(30)38-18/h1-10H. The molecule has 7 aromatic rings. The molecule has 0 aliphatic heterocycles. The van der Waals surface area contributed by atoms with E-state index in [4.69, 9.17) is 66.3 Å². The Morgan fingerprint density at radius 2 is 0.605 bits per heavy atom. The number of rotatable bonds is 4. The molecule has 6 aromatic heterocycles. The first-order chi connectivity index (χ1) is 18.4. The van der Waals surface area contributed by atoms with Crippen LogP contribution in [0.15, 0.2) is 60.7 Å². The number of hydrogen-bond donors (Lipinski definition) is 0. The van der Waals surface area contributed by atoms with Gasteiger partial charge in [-0.25, -0.2) is 19.9 Å². The molecule has 0 aliphatic carbocycles. The minimum Gasteiger partial charge on any atom is -0.243 e. The first-order valence-electron chi connectivity index (χ1n) is 11.0. The van der Waals surface area contributed by atoms with Crippen molar-refractivity contribution in [3.63, 3.8) is 0 Å². The summed E-state index contributed by atoms with van der Waals surface area (Å²) in [7, 11) is 0. The summed E-state index contributed by atoms with van der Waals surface area (Å²) >= 11 is 30.9. The molecular weight excluding hydrogens is 638 g/mol. The van der Waals surface area contributed by atoms with Crippen molar-refractivity contribution in [2.45, 2.75) is 0 Å². The van der Waals surface area contributed by atoms with Crippen molar-refractivity contribution in [2.75, 3.05) is 0 Å². The molecule has 7 rings (SSSR count). The minimum absolute atomic E-state index is 0.682. The fraction of sp³-hybridized carbons (Fsp3) is 0. The molecule has 0 radical (unpaired) electrons. The van der Waals surface area contributed by atoms with Crippen LogP contribution in [0.5, 0.6) is 0 Å². The Morgan fingerprint density at radius 3 is 0.789 bits per heavy atom. The molecule has 12 heteroatoms. The van der Waals surface area contributed by atoms with Gasteiger partial charge in [0.1, 0.15) is 22.8 Å². The quantitative estimate of drug-likeness (QED) is 0.178. The van der Waals surface area contributed by atoms with E-state index in [-0.39, 0.29) is 0 Å². The molecule has 0 spiro atoms. The van der Waals surface area contributed by atoms with Crippen LogP contribution in [-0.4, -0.2) is 19.9 Å². The van der Waals surface area contributed by atoms with Crippen LogP contribution in [0, 0.1) is 0 Å². The Balaban J connectivity index is 1.50. The Labute approximate surface area is 252 Å². The van der Waals surface area contributed by atoms with Gasteiger partial charge in [-0.2, -0.15) is 0 Å². The third kappa shape index (κ3) is 4.53. The van der Waals surface area contributed by atoms with Gasteiger partial charge in [0.05, 0.1) is 58.9 Å². The van der Waals surface area contributed by atoms with Gasteiger partial charge in [-0.3, -0.25) is 0 Å². The second-order valence-electron chi connectivity index (χ2n) is 8.09. The summed E-state index contributed by atoms with van der Waals surface area (Å²) in [5.74, 6) is 0. The molecule has 0 saturated heterocycles. The van der Waals surface area contributed by atoms with Gasteiger partial charge in [0.2, 0.25) is 0 Å². The van der Waals surface area contributed by atoms with Crippen molar-refractivity contribution in [1.82, 2.24) is 19.9 Å². The first-order valence-corrected chi connectivity index (χ1v) is 15.8. The van der Waals surface area contributed by atoms with Crippen molar-refractivity contribution < 1.29 is 0 Å². The first kappa shape index (κ1) is 24.9. The summed E-state index contributed by atoms with van der Waals surface area (Å²) < 4.78 is 2.73. The van der Waals surface area contributed by atoms with E-state index in [0.717, 1.165) is 42.3 Å². The van der Waals surface area contributed by atoms with Crippen molar-refractivity contribution in [3.8, 4) is 42.3 Å². The van der Waals surface area contributed by atoms with E-state index < -0.39 is 0 Å². The molecule has 1 aromatic carbocycles. The molecule has 0 fully saturated rings. The summed E-state index contributed by atoms with van der Waals surface area (Å²) in [4.78, 5) is 23.8. The number of thiophene rings is 4. The van der Waals surface area contributed by atoms with E-state index in [9.17, 15) is 0 Å². The maximum absolute atomic E-state index is 6.27. The second kappa shape index (κ2) is 9.80. The van der Waals surface area contributed by atoms with Crippen molar-refractivity contribution >= 4 is 114 Å². The van der Waals surface area contributed by atoms with Crippen LogP contribution in [0.3, 0.4) is 0 Å². The highest BCUT2D eigenvalue weighted by atomic mass is 35.5. The predicted octanol–water partition coefficient (Wildman–Crippen LogP) is 11.1. The zero-order chi connectivity index (χ0) is 26.0. The zero-order valence-corrected chi connectivity index (χ0v) is 25.0. The number of halogens is 4. The number of nitrogens with zero attached hydrogens (tertiary/aromatic N) is 4. The Bertz CT molecular complexity index is 1720. The van der Waals surface area contributed by atoms with Crippen LogP contribution in [-0.2, 0) is 0 Å². The topological polar surface area (TPSA) is 51.6 Å². The van der Waals surface area contributed by atoms with Gasteiger partial charge in [0.15, 0.2) is 0 Å². The molecule has 0 atom stereocenters. The molecule has 186 valence electrons.